The molecule has 0 aliphatic heterocycles. The number of hydrogen-bond acceptors (Lipinski definition) is 5. The Morgan fingerprint density at radius 3 is 2.52 bits per heavy atom. The number of benzene rings is 1. The smallest absolute Gasteiger partial charge is 0.408 e. The number of aryl methyl sites for hydroxylation is 1. The number of Topliss-reactive ketones (excluding diaryl/α,β-unsaturated/α-hetero) is 1. The number of alkyl carbamates (subject to hydrolysis) is 1. The number of carbonyl (C=O) groups excluding carboxylic acids is 2. The molecule has 0 aliphatic rings. The van der Waals surface area contributed by atoms with Crippen LogP contribution < -0.4 is 5.32 Å². The van der Waals surface area contributed by atoms with E-state index in [1.165, 1.54) is 25.1 Å². The van der Waals surface area contributed by atoms with E-state index in [0.717, 1.165) is 10.5 Å². The Kier molecular flexibility index (Phi) is 5.05. The van der Waals surface area contributed by atoms with E-state index in [0.29, 0.717) is 0 Å². The summed E-state index contributed by atoms with van der Waals surface area (Å²) >= 11 is 1.23. The molecule has 110 valence electrons. The number of ether oxygens (including phenoxy) is 1. The third-order valence-corrected chi connectivity index (χ3v) is 3.82. The largest absolute Gasteiger partial charge is 0.461 e. The quantitative estimate of drug-likeness (QED) is 0.522. The van der Waals surface area contributed by atoms with E-state index >= 15 is 0 Å². The molecule has 0 saturated carbocycles. The highest BCUT2D eigenvalue weighted by Crippen LogP contribution is 2.25. The average Bonchev–Trinajstić information content (AvgIpc) is 3.02. The average molecular weight is 305 g/mol. The molecule has 0 aliphatic carbocycles. The molecule has 0 fully saturated rings. The summed E-state index contributed by atoms with van der Waals surface area (Å²) in [6, 6.07) is 10.8. The zero-order chi connectivity index (χ0) is 15.2. The summed E-state index contributed by atoms with van der Waals surface area (Å²) < 4.78 is 9.65. The van der Waals surface area contributed by atoms with E-state index in [1.807, 2.05) is 31.2 Å². The van der Waals surface area contributed by atoms with Crippen LogP contribution in [0.4, 0.5) is 4.79 Å². The van der Waals surface area contributed by atoms with Crippen LogP contribution in [-0.4, -0.2) is 24.4 Å². The fourth-order valence-electron chi connectivity index (χ4n) is 1.62. The number of amides is 1. The highest BCUT2D eigenvalue weighted by atomic mass is 32.2. The number of methoxy groups -OCH3 is 1. The molecule has 0 spiro atoms. The van der Waals surface area contributed by atoms with Crippen molar-refractivity contribution < 1.29 is 18.7 Å². The molecule has 6 heteroatoms. The van der Waals surface area contributed by atoms with E-state index < -0.39 is 11.5 Å². The van der Waals surface area contributed by atoms with Crippen molar-refractivity contribution in [3.8, 4) is 0 Å². The zero-order valence-corrected chi connectivity index (χ0v) is 12.5. The molecule has 1 amide bonds. The molecule has 1 atom stereocenters. The van der Waals surface area contributed by atoms with Gasteiger partial charge in [0.2, 0.25) is 5.78 Å². The van der Waals surface area contributed by atoms with Crippen LogP contribution in [-0.2, 0) is 4.74 Å². The minimum absolute atomic E-state index is 0.191. The molecular weight excluding hydrogens is 290 g/mol. The van der Waals surface area contributed by atoms with Gasteiger partial charge in [-0.25, -0.2) is 4.79 Å². The summed E-state index contributed by atoms with van der Waals surface area (Å²) in [5, 5.41) is 1.70. The Labute approximate surface area is 126 Å². The first kappa shape index (κ1) is 15.2. The van der Waals surface area contributed by atoms with Crippen LogP contribution in [0.3, 0.4) is 0 Å². The van der Waals surface area contributed by atoms with Crippen LogP contribution in [0.2, 0.25) is 0 Å². The van der Waals surface area contributed by atoms with Crippen molar-refractivity contribution in [1.82, 2.24) is 5.32 Å². The second-order valence-corrected chi connectivity index (χ2v) is 5.47. The molecule has 5 nitrogen and oxygen atoms in total. The van der Waals surface area contributed by atoms with Gasteiger partial charge in [0, 0.05) is 4.90 Å². The fourth-order valence-corrected chi connectivity index (χ4v) is 2.56. The zero-order valence-electron chi connectivity index (χ0n) is 11.7. The summed E-state index contributed by atoms with van der Waals surface area (Å²) in [5.74, 6) is -0.132. The molecule has 1 N–H and O–H groups in total. The normalized spacial score (nSPS) is 11.7. The van der Waals surface area contributed by atoms with Crippen LogP contribution in [0, 0.1) is 6.92 Å². The first-order valence-electron chi connectivity index (χ1n) is 6.25. The van der Waals surface area contributed by atoms with E-state index in [2.05, 4.69) is 10.1 Å². The lowest BCUT2D eigenvalue weighted by molar-refractivity contribution is 0.0943. The monoisotopic (exact) mass is 305 g/mol. The Bertz CT molecular complexity index is 607. The molecule has 1 aromatic carbocycles. The van der Waals surface area contributed by atoms with Gasteiger partial charge in [0.25, 0.3) is 0 Å². The van der Waals surface area contributed by atoms with E-state index in [1.54, 1.807) is 12.1 Å². The van der Waals surface area contributed by atoms with Crippen molar-refractivity contribution in [2.75, 3.05) is 7.11 Å². The van der Waals surface area contributed by atoms with Gasteiger partial charge >= 0.3 is 6.09 Å². The van der Waals surface area contributed by atoms with Crippen molar-refractivity contribution >= 4 is 23.6 Å². The summed E-state index contributed by atoms with van der Waals surface area (Å²) in [6.07, 6.45) is 0.749. The Morgan fingerprint density at radius 2 is 1.95 bits per heavy atom. The van der Waals surface area contributed by atoms with E-state index in [4.69, 9.17) is 4.42 Å². The molecule has 21 heavy (non-hydrogen) atoms. The highest BCUT2D eigenvalue weighted by Gasteiger charge is 2.25. The van der Waals surface area contributed by atoms with Gasteiger partial charge in [0.15, 0.2) is 5.76 Å². The minimum Gasteiger partial charge on any atom is -0.461 e. The molecule has 2 aromatic rings. The lowest BCUT2D eigenvalue weighted by atomic mass is 10.2. The van der Waals surface area contributed by atoms with Crippen LogP contribution in [0.25, 0.3) is 0 Å². The van der Waals surface area contributed by atoms with Crippen LogP contribution in [0.1, 0.15) is 16.1 Å². The molecule has 0 saturated heterocycles. The number of thioether (sulfide) groups is 1. The summed E-state index contributed by atoms with van der Waals surface area (Å²) in [6.45, 7) is 1.98. The second kappa shape index (κ2) is 6.99. The number of furan rings is 1. The highest BCUT2D eigenvalue weighted by molar-refractivity contribution is 8.00. The van der Waals surface area contributed by atoms with Gasteiger partial charge in [-0.2, -0.15) is 0 Å². The van der Waals surface area contributed by atoms with Crippen molar-refractivity contribution in [1.29, 1.82) is 0 Å². The van der Waals surface area contributed by atoms with Crippen molar-refractivity contribution in [3.63, 3.8) is 0 Å². The summed E-state index contributed by atoms with van der Waals surface area (Å²) in [7, 11) is 1.25. The second-order valence-electron chi connectivity index (χ2n) is 4.29. The summed E-state index contributed by atoms with van der Waals surface area (Å²) in [5.41, 5.74) is 1.12. The molecule has 2 rings (SSSR count). The van der Waals surface area contributed by atoms with Crippen LogP contribution in [0.5, 0.6) is 0 Å². The predicted molar refractivity (Wildman–Crippen MR) is 79.4 cm³/mol. The Hall–Kier alpha value is -2.21. The number of hydrogen-bond donors (Lipinski definition) is 1. The van der Waals surface area contributed by atoms with Gasteiger partial charge in [-0.3, -0.25) is 4.79 Å². The Balaban J connectivity index is 2.17. The standard InChI is InChI=1S/C15H15NO4S/c1-10-5-7-11(8-6-10)21-14(16-15(18)19-2)13(17)12-4-3-9-20-12/h3-9,14H,1-2H3,(H,16,18)/t14-/m1/s1. The van der Waals surface area contributed by atoms with Gasteiger partial charge in [0.05, 0.1) is 13.4 Å². The minimum atomic E-state index is -0.814. The maximum atomic E-state index is 12.3. The molecule has 1 heterocycles. The van der Waals surface area contributed by atoms with Gasteiger partial charge in [-0.15, -0.1) is 0 Å². The fraction of sp³-hybridized carbons (Fsp3) is 0.200. The third kappa shape index (κ3) is 4.13. The van der Waals surface area contributed by atoms with Gasteiger partial charge in [-0.05, 0) is 31.2 Å². The molecule has 0 bridgehead atoms. The van der Waals surface area contributed by atoms with E-state index in [-0.39, 0.29) is 11.5 Å². The van der Waals surface area contributed by atoms with Crippen molar-refractivity contribution in [2.24, 2.45) is 0 Å². The maximum absolute atomic E-state index is 12.3. The van der Waals surface area contributed by atoms with Gasteiger partial charge in [0.1, 0.15) is 5.37 Å². The number of carbonyl (C=O) groups is 2. The topological polar surface area (TPSA) is 68.5 Å². The predicted octanol–water partition coefficient (Wildman–Crippen LogP) is 3.25. The first-order valence-corrected chi connectivity index (χ1v) is 7.13. The van der Waals surface area contributed by atoms with Crippen molar-refractivity contribution in [3.05, 3.63) is 54.0 Å². The molecule has 0 radical (unpaired) electrons. The van der Waals surface area contributed by atoms with Gasteiger partial charge < -0.3 is 14.5 Å². The van der Waals surface area contributed by atoms with Crippen molar-refractivity contribution in [2.45, 2.75) is 17.2 Å². The SMILES string of the molecule is COC(=O)N[C@H](Sc1ccc(C)cc1)C(=O)c1ccco1. The number of rotatable bonds is 5. The molecule has 0 unspecified atom stereocenters. The summed E-state index contributed by atoms with van der Waals surface area (Å²) in [4.78, 5) is 24.6. The maximum Gasteiger partial charge on any atom is 0.408 e. The molecular formula is C15H15NO4S. The Morgan fingerprint density at radius 1 is 1.24 bits per heavy atom. The number of nitrogens with one attached hydrogen (secondary N) is 1. The third-order valence-electron chi connectivity index (χ3n) is 2.71. The van der Waals surface area contributed by atoms with Gasteiger partial charge in [-0.1, -0.05) is 29.5 Å². The van der Waals surface area contributed by atoms with Crippen LogP contribution in [0.15, 0.2) is 52.0 Å². The van der Waals surface area contributed by atoms with Crippen LogP contribution >= 0.6 is 11.8 Å². The van der Waals surface area contributed by atoms with E-state index in [9.17, 15) is 9.59 Å². The first-order chi connectivity index (χ1) is 10.1. The lowest BCUT2D eigenvalue weighted by Crippen LogP contribution is -2.38. The number of ketones is 1. The lowest BCUT2D eigenvalue weighted by Gasteiger charge is -2.15. The molecule has 1 aromatic heterocycles.